The molecule has 0 bridgehead atoms. The number of aromatic nitrogens is 1. The van der Waals surface area contributed by atoms with Crippen molar-refractivity contribution in [1.82, 2.24) is 4.57 Å². The first kappa shape index (κ1) is 38.3. The van der Waals surface area contributed by atoms with Crippen LogP contribution >= 0.6 is 0 Å². The van der Waals surface area contributed by atoms with Gasteiger partial charge in [0.1, 0.15) is 33.5 Å². The number of hydrogen-bond acceptors (Lipinski definition) is 4. The molecule has 0 N–H and O–H groups in total. The third-order valence-electron chi connectivity index (χ3n) is 15.1. The summed E-state index contributed by atoms with van der Waals surface area (Å²) >= 11 is 0. The summed E-state index contributed by atoms with van der Waals surface area (Å²) in [5.74, 6) is 0.307. The van der Waals surface area contributed by atoms with Crippen molar-refractivity contribution in [3.05, 3.63) is 229 Å². The van der Waals surface area contributed by atoms with E-state index in [1.54, 1.807) is 0 Å². The van der Waals surface area contributed by atoms with Gasteiger partial charge in [-0.25, -0.2) is 0 Å². The molecule has 0 radical (unpaired) electrons. The van der Waals surface area contributed by atoms with Gasteiger partial charge in [0.2, 0.25) is 0 Å². The van der Waals surface area contributed by atoms with E-state index in [2.05, 4.69) is 223 Å². The molecule has 0 amide bonds. The lowest BCUT2D eigenvalue weighted by molar-refractivity contribution is 0.580. The molecule has 14 aromatic rings. The molecular formula is C64H42N2O3. The van der Waals surface area contributed by atoms with E-state index in [1.165, 1.54) is 44.0 Å². The van der Waals surface area contributed by atoms with Crippen molar-refractivity contribution in [2.75, 3.05) is 4.90 Å². The lowest BCUT2D eigenvalue weighted by atomic mass is 9.80. The Morgan fingerprint density at radius 3 is 1.68 bits per heavy atom. The van der Waals surface area contributed by atoms with Crippen LogP contribution in [0.5, 0.6) is 0 Å². The van der Waals surface area contributed by atoms with Gasteiger partial charge in [-0.3, -0.25) is 0 Å². The van der Waals surface area contributed by atoms with Crippen molar-refractivity contribution in [3.8, 4) is 16.8 Å². The number of para-hydroxylation sites is 5. The second-order valence-electron chi connectivity index (χ2n) is 18.8. The van der Waals surface area contributed by atoms with Gasteiger partial charge in [0, 0.05) is 65.8 Å². The first-order valence-corrected chi connectivity index (χ1v) is 23.9. The third kappa shape index (κ3) is 5.65. The van der Waals surface area contributed by atoms with Crippen LogP contribution in [0.25, 0.3) is 104 Å². The average Bonchev–Trinajstić information content (AvgIpc) is 4.15. The molecule has 0 saturated carbocycles. The smallest absolute Gasteiger partial charge is 0.136 e. The minimum absolute atomic E-state index is 0.136. The van der Waals surface area contributed by atoms with Crippen LogP contribution in [-0.4, -0.2) is 4.57 Å². The van der Waals surface area contributed by atoms with Crippen LogP contribution in [0.4, 0.5) is 17.1 Å². The molecule has 15 rings (SSSR count). The molecule has 5 nitrogen and oxygen atoms in total. The second kappa shape index (κ2) is 14.6. The van der Waals surface area contributed by atoms with Crippen LogP contribution < -0.4 is 4.90 Å². The molecule has 0 aliphatic heterocycles. The van der Waals surface area contributed by atoms with Gasteiger partial charge < -0.3 is 22.7 Å². The van der Waals surface area contributed by atoms with Crippen molar-refractivity contribution < 1.29 is 13.3 Å². The molecule has 1 aliphatic carbocycles. The van der Waals surface area contributed by atoms with E-state index >= 15 is 0 Å². The van der Waals surface area contributed by atoms with Crippen molar-refractivity contribution >= 4 is 105 Å². The zero-order valence-corrected chi connectivity index (χ0v) is 37.7. The van der Waals surface area contributed by atoms with E-state index in [0.717, 1.165) is 101 Å². The molecule has 69 heavy (non-hydrogen) atoms. The van der Waals surface area contributed by atoms with Gasteiger partial charge in [-0.1, -0.05) is 116 Å². The van der Waals surface area contributed by atoms with E-state index in [9.17, 15) is 0 Å². The Hall–Kier alpha value is -8.80. The molecule has 4 heterocycles. The number of rotatable bonds is 5. The normalized spacial score (nSPS) is 15.0. The topological polar surface area (TPSA) is 47.6 Å². The first-order valence-electron chi connectivity index (χ1n) is 23.9. The van der Waals surface area contributed by atoms with Crippen LogP contribution in [0.3, 0.4) is 0 Å². The molecule has 0 fully saturated rings. The molecule has 5 heteroatoms. The predicted molar refractivity (Wildman–Crippen MR) is 284 cm³/mol. The van der Waals surface area contributed by atoms with Crippen molar-refractivity contribution in [2.24, 2.45) is 0 Å². The fourth-order valence-electron chi connectivity index (χ4n) is 12.0. The maximum Gasteiger partial charge on any atom is 0.136 e. The highest BCUT2D eigenvalue weighted by atomic mass is 16.3. The molecule has 4 aromatic heterocycles. The van der Waals surface area contributed by atoms with Crippen LogP contribution in [-0.2, 0) is 6.42 Å². The Bertz CT molecular complexity index is 4320. The predicted octanol–water partition coefficient (Wildman–Crippen LogP) is 18.1. The Kier molecular flexibility index (Phi) is 8.11. The van der Waals surface area contributed by atoms with E-state index < -0.39 is 0 Å². The standard InChI is InChI=1S/C64H42N2O3/c1-38-48(39-24-27-43(28-25-39)65(41-14-4-2-5-15-41)42-16-6-3-7-17-42)34-40-26-31-59-63(46-19-9-12-22-56(46)68-59)61(40)51-36-52-54(37-49(38)51)66(44-29-32-58-50(35-44)45-18-8-11-21-55(45)67-58)53-30-33-60-64(62(52)53)47-20-10-13-23-57(47)69-60/h2-33,35-38,48H,34H2,1H3/t38?,48-/m1/s1. The summed E-state index contributed by atoms with van der Waals surface area (Å²) in [5, 5.41) is 9.14. The second-order valence-corrected chi connectivity index (χ2v) is 18.8. The lowest BCUT2D eigenvalue weighted by Crippen LogP contribution is -2.12. The first-order chi connectivity index (χ1) is 34.1. The number of hydrogen-bond donors (Lipinski definition) is 0. The molecule has 0 spiro atoms. The number of furan rings is 3. The van der Waals surface area contributed by atoms with Crippen LogP contribution in [0, 0.1) is 0 Å². The highest BCUT2D eigenvalue weighted by Gasteiger charge is 2.33. The van der Waals surface area contributed by atoms with Crippen molar-refractivity contribution in [1.29, 1.82) is 0 Å². The van der Waals surface area contributed by atoms with E-state index in [0.29, 0.717) is 0 Å². The molecule has 1 aliphatic rings. The van der Waals surface area contributed by atoms with Crippen LogP contribution in [0.2, 0.25) is 0 Å². The number of benzene rings is 10. The summed E-state index contributed by atoms with van der Waals surface area (Å²) in [6, 6.07) is 76.6. The summed E-state index contributed by atoms with van der Waals surface area (Å²) in [4.78, 5) is 2.34. The van der Waals surface area contributed by atoms with Crippen molar-refractivity contribution in [3.63, 3.8) is 0 Å². The molecule has 2 atom stereocenters. The van der Waals surface area contributed by atoms with Gasteiger partial charge in [-0.05, 0) is 149 Å². The zero-order valence-electron chi connectivity index (χ0n) is 37.7. The maximum atomic E-state index is 6.67. The Morgan fingerprint density at radius 1 is 0.420 bits per heavy atom. The average molecular weight is 887 g/mol. The molecule has 1 unspecified atom stereocenters. The Morgan fingerprint density at radius 2 is 0.971 bits per heavy atom. The summed E-state index contributed by atoms with van der Waals surface area (Å²) in [5.41, 5.74) is 18.5. The number of anilines is 3. The van der Waals surface area contributed by atoms with E-state index in [4.69, 9.17) is 13.3 Å². The van der Waals surface area contributed by atoms with E-state index in [-0.39, 0.29) is 11.8 Å². The lowest BCUT2D eigenvalue weighted by Gasteiger charge is -2.27. The largest absolute Gasteiger partial charge is 0.456 e. The fraction of sp³-hybridized carbons (Fsp3) is 0.0625. The molecular weight excluding hydrogens is 845 g/mol. The minimum Gasteiger partial charge on any atom is -0.456 e. The fourth-order valence-corrected chi connectivity index (χ4v) is 12.0. The number of fused-ring (bicyclic) bond motifs is 17. The molecule has 0 saturated heterocycles. The van der Waals surface area contributed by atoms with Gasteiger partial charge >= 0.3 is 0 Å². The Labute approximate surface area is 396 Å². The van der Waals surface area contributed by atoms with Gasteiger partial charge in [0.25, 0.3) is 0 Å². The van der Waals surface area contributed by atoms with Gasteiger partial charge in [0.05, 0.1) is 11.0 Å². The summed E-state index contributed by atoms with van der Waals surface area (Å²) in [6.45, 7) is 2.44. The third-order valence-corrected chi connectivity index (χ3v) is 15.1. The van der Waals surface area contributed by atoms with Crippen molar-refractivity contribution in [2.45, 2.75) is 25.2 Å². The molecule has 326 valence electrons. The quantitative estimate of drug-likeness (QED) is 0.173. The number of nitrogens with zero attached hydrogens (tertiary/aromatic N) is 2. The van der Waals surface area contributed by atoms with Crippen LogP contribution in [0.15, 0.2) is 226 Å². The van der Waals surface area contributed by atoms with Gasteiger partial charge in [0.15, 0.2) is 0 Å². The van der Waals surface area contributed by atoms with Gasteiger partial charge in [-0.2, -0.15) is 0 Å². The van der Waals surface area contributed by atoms with Crippen LogP contribution in [0.1, 0.15) is 35.4 Å². The highest BCUT2D eigenvalue weighted by Crippen LogP contribution is 2.52. The summed E-state index contributed by atoms with van der Waals surface area (Å²) in [6.07, 6.45) is 0.868. The summed E-state index contributed by atoms with van der Waals surface area (Å²) < 4.78 is 22.1. The zero-order chi connectivity index (χ0) is 45.3. The Balaban J connectivity index is 1.01. The monoisotopic (exact) mass is 886 g/mol. The highest BCUT2D eigenvalue weighted by molar-refractivity contribution is 6.28. The van der Waals surface area contributed by atoms with Gasteiger partial charge in [-0.15, -0.1) is 0 Å². The minimum atomic E-state index is 0.136. The molecule has 10 aromatic carbocycles. The summed E-state index contributed by atoms with van der Waals surface area (Å²) in [7, 11) is 0. The maximum absolute atomic E-state index is 6.67. The SMILES string of the molecule is CC1c2cc3c(cc2-c2c(ccc4oc5ccccc5c24)C[C@H]1c1ccc(N(c2ccccc2)c2ccccc2)cc1)c1c2c(ccc1n3-c1ccc3oc4ccccc4c3c1)oc1ccccc12. The van der Waals surface area contributed by atoms with E-state index in [1.807, 2.05) is 6.07 Å².